The lowest BCUT2D eigenvalue weighted by Gasteiger charge is -2.33. The van der Waals surface area contributed by atoms with E-state index in [0.717, 1.165) is 10.5 Å². The predicted molar refractivity (Wildman–Crippen MR) is 81.1 cm³/mol. The summed E-state index contributed by atoms with van der Waals surface area (Å²) < 4.78 is 31.1. The molecule has 0 saturated carbocycles. The van der Waals surface area contributed by atoms with Gasteiger partial charge in [0.1, 0.15) is 0 Å². The van der Waals surface area contributed by atoms with Gasteiger partial charge >= 0.3 is 5.69 Å². The number of rotatable bonds is 3. The van der Waals surface area contributed by atoms with Gasteiger partial charge in [0.15, 0.2) is 10.7 Å². The number of carbonyl (C=O) groups is 1. The maximum Gasteiger partial charge on any atom is 0.325 e. The lowest BCUT2D eigenvalue weighted by Crippen LogP contribution is -2.51. The Bertz CT molecular complexity index is 951. The quantitative estimate of drug-likeness (QED) is 0.711. The highest BCUT2D eigenvalue weighted by atomic mass is 32.2. The second-order valence-electron chi connectivity index (χ2n) is 5.11. The normalized spacial score (nSPS) is 16.2. The first-order valence-electron chi connectivity index (χ1n) is 7.04. The molecule has 0 bridgehead atoms. The molecule has 1 amide bonds. The van der Waals surface area contributed by atoms with Crippen molar-refractivity contribution in [1.29, 1.82) is 0 Å². The Balaban J connectivity index is 1.75. The highest BCUT2D eigenvalue weighted by Crippen LogP contribution is 2.15. The average molecular weight is 354 g/mol. The van der Waals surface area contributed by atoms with E-state index < -0.39 is 26.2 Å². The molecule has 2 aromatic rings. The van der Waals surface area contributed by atoms with Gasteiger partial charge in [-0.2, -0.15) is 4.31 Å². The van der Waals surface area contributed by atoms with Gasteiger partial charge in [-0.05, 0) is 12.1 Å². The van der Waals surface area contributed by atoms with Crippen LogP contribution in [0.4, 0.5) is 0 Å². The second-order valence-corrected chi connectivity index (χ2v) is 7.02. The molecule has 128 valence electrons. The van der Waals surface area contributed by atoms with E-state index in [4.69, 9.17) is 4.42 Å². The summed E-state index contributed by atoms with van der Waals surface area (Å²) in [5, 5.41) is 0. The molecule has 0 aliphatic carbocycles. The van der Waals surface area contributed by atoms with Gasteiger partial charge in [0, 0.05) is 32.4 Å². The molecule has 2 aromatic heterocycles. The van der Waals surface area contributed by atoms with Crippen molar-refractivity contribution in [2.75, 3.05) is 26.2 Å². The molecule has 3 heterocycles. The van der Waals surface area contributed by atoms with Crippen molar-refractivity contribution in [3.05, 3.63) is 51.2 Å². The first-order valence-corrected chi connectivity index (χ1v) is 8.48. The van der Waals surface area contributed by atoms with E-state index in [1.54, 1.807) is 6.07 Å². The van der Waals surface area contributed by atoms with Crippen LogP contribution in [-0.4, -0.2) is 59.7 Å². The highest BCUT2D eigenvalue weighted by molar-refractivity contribution is 7.89. The number of piperazine rings is 1. The number of nitrogens with zero attached hydrogens (tertiary/aromatic N) is 2. The molecular weight excluding hydrogens is 340 g/mol. The van der Waals surface area contributed by atoms with E-state index in [1.807, 2.05) is 4.98 Å². The maximum absolute atomic E-state index is 12.5. The number of aromatic amines is 2. The van der Waals surface area contributed by atoms with Crippen LogP contribution in [-0.2, 0) is 10.0 Å². The molecule has 1 aliphatic heterocycles. The molecule has 11 heteroatoms. The van der Waals surface area contributed by atoms with Gasteiger partial charge in [0.25, 0.3) is 11.5 Å². The van der Waals surface area contributed by atoms with Gasteiger partial charge in [-0.1, -0.05) is 0 Å². The van der Waals surface area contributed by atoms with Crippen LogP contribution in [0, 0.1) is 0 Å². The van der Waals surface area contributed by atoms with Crippen molar-refractivity contribution in [2.45, 2.75) is 4.90 Å². The van der Waals surface area contributed by atoms with E-state index in [0.29, 0.717) is 0 Å². The lowest BCUT2D eigenvalue weighted by molar-refractivity contribution is 0.0666. The summed E-state index contributed by atoms with van der Waals surface area (Å²) in [5.41, 5.74) is -1.76. The summed E-state index contributed by atoms with van der Waals surface area (Å²) in [6.07, 6.45) is 2.26. The van der Waals surface area contributed by atoms with Crippen molar-refractivity contribution in [3.8, 4) is 0 Å². The minimum atomic E-state index is -4.05. The van der Waals surface area contributed by atoms with Crippen molar-refractivity contribution in [2.24, 2.45) is 0 Å². The standard InChI is InChI=1S/C13H14N4O6S/c18-11-10(8-14-13(20)15-11)24(21,22)17-5-3-16(4-6-17)12(19)9-2-1-7-23-9/h1-2,7-8H,3-6H2,(H2,14,15,18,20). The maximum atomic E-state index is 12.5. The summed E-state index contributed by atoms with van der Waals surface area (Å²) in [5.74, 6) is -0.137. The third-order valence-electron chi connectivity index (χ3n) is 3.66. The number of carbonyl (C=O) groups excluding carboxylic acids is 1. The summed E-state index contributed by atoms with van der Waals surface area (Å²) >= 11 is 0. The third-order valence-corrected chi connectivity index (χ3v) is 5.56. The number of furan rings is 1. The van der Waals surface area contributed by atoms with E-state index in [-0.39, 0.29) is 37.8 Å². The number of aromatic nitrogens is 2. The zero-order valence-corrected chi connectivity index (χ0v) is 13.2. The molecule has 24 heavy (non-hydrogen) atoms. The zero-order valence-electron chi connectivity index (χ0n) is 12.4. The molecule has 0 aromatic carbocycles. The van der Waals surface area contributed by atoms with Gasteiger partial charge in [-0.3, -0.25) is 14.6 Å². The second kappa shape index (κ2) is 6.09. The van der Waals surface area contributed by atoms with Gasteiger partial charge in [-0.15, -0.1) is 0 Å². The summed E-state index contributed by atoms with van der Waals surface area (Å²) in [6.45, 7) is 0.404. The summed E-state index contributed by atoms with van der Waals surface area (Å²) in [6, 6.07) is 3.13. The Hall–Kier alpha value is -2.66. The number of hydrogen-bond acceptors (Lipinski definition) is 6. The molecule has 10 nitrogen and oxygen atoms in total. The SMILES string of the molecule is O=C(c1ccco1)N1CCN(S(=O)(=O)c2c[nH]c(=O)[nH]c2=O)CC1. The molecule has 1 fully saturated rings. The van der Waals surface area contributed by atoms with Gasteiger partial charge in [-0.25, -0.2) is 13.2 Å². The fourth-order valence-electron chi connectivity index (χ4n) is 2.42. The zero-order chi connectivity index (χ0) is 17.3. The topological polar surface area (TPSA) is 137 Å². The summed E-state index contributed by atoms with van der Waals surface area (Å²) in [4.78, 5) is 39.8. The number of sulfonamides is 1. The Morgan fingerprint density at radius 2 is 1.88 bits per heavy atom. The predicted octanol–water partition coefficient (Wildman–Crippen LogP) is -1.20. The Morgan fingerprint density at radius 1 is 1.17 bits per heavy atom. The van der Waals surface area contributed by atoms with Crippen LogP contribution in [0.5, 0.6) is 0 Å². The van der Waals surface area contributed by atoms with Crippen LogP contribution < -0.4 is 11.2 Å². The van der Waals surface area contributed by atoms with Crippen molar-refractivity contribution < 1.29 is 17.6 Å². The van der Waals surface area contributed by atoms with Crippen molar-refractivity contribution in [3.63, 3.8) is 0 Å². The monoisotopic (exact) mass is 354 g/mol. The summed E-state index contributed by atoms with van der Waals surface area (Å²) in [7, 11) is -4.05. The minimum Gasteiger partial charge on any atom is -0.459 e. The van der Waals surface area contributed by atoms with Crippen molar-refractivity contribution in [1.82, 2.24) is 19.2 Å². The molecule has 3 rings (SSSR count). The fraction of sp³-hybridized carbons (Fsp3) is 0.308. The van der Waals surface area contributed by atoms with Crippen LogP contribution in [0.3, 0.4) is 0 Å². The molecule has 0 unspecified atom stereocenters. The van der Waals surface area contributed by atoms with Gasteiger partial charge in [0.2, 0.25) is 10.0 Å². The van der Waals surface area contributed by atoms with Crippen LogP contribution in [0.25, 0.3) is 0 Å². The average Bonchev–Trinajstić information content (AvgIpc) is 3.08. The number of amides is 1. The minimum absolute atomic E-state index is 0.0351. The molecule has 1 aliphatic rings. The molecular formula is C13H14N4O6S. The molecule has 0 spiro atoms. The smallest absolute Gasteiger partial charge is 0.325 e. The van der Waals surface area contributed by atoms with E-state index in [9.17, 15) is 22.8 Å². The molecule has 1 saturated heterocycles. The van der Waals surface area contributed by atoms with Crippen LogP contribution in [0.15, 0.2) is 43.5 Å². The van der Waals surface area contributed by atoms with Crippen LogP contribution in [0.2, 0.25) is 0 Å². The Labute approximate surface area is 135 Å². The number of hydrogen-bond donors (Lipinski definition) is 2. The molecule has 0 atom stereocenters. The first kappa shape index (κ1) is 16.2. The van der Waals surface area contributed by atoms with E-state index in [2.05, 4.69) is 4.98 Å². The molecule has 0 radical (unpaired) electrons. The van der Waals surface area contributed by atoms with Gasteiger partial charge < -0.3 is 14.3 Å². The Morgan fingerprint density at radius 3 is 2.46 bits per heavy atom. The van der Waals surface area contributed by atoms with Crippen LogP contribution >= 0.6 is 0 Å². The first-order chi connectivity index (χ1) is 11.4. The number of H-pyrrole nitrogens is 2. The highest BCUT2D eigenvalue weighted by Gasteiger charge is 2.32. The van der Waals surface area contributed by atoms with E-state index >= 15 is 0 Å². The van der Waals surface area contributed by atoms with E-state index in [1.165, 1.54) is 17.2 Å². The van der Waals surface area contributed by atoms with Crippen molar-refractivity contribution >= 4 is 15.9 Å². The Kier molecular flexibility index (Phi) is 4.11. The largest absolute Gasteiger partial charge is 0.459 e. The van der Waals surface area contributed by atoms with Gasteiger partial charge in [0.05, 0.1) is 6.26 Å². The number of nitrogens with one attached hydrogen (secondary N) is 2. The lowest BCUT2D eigenvalue weighted by atomic mass is 10.3. The molecule has 2 N–H and O–H groups in total. The van der Waals surface area contributed by atoms with Crippen LogP contribution in [0.1, 0.15) is 10.6 Å². The third kappa shape index (κ3) is 2.90. The fourth-order valence-corrected chi connectivity index (χ4v) is 3.83.